The van der Waals surface area contributed by atoms with Crippen LogP contribution in [0.3, 0.4) is 0 Å². The first-order valence-corrected chi connectivity index (χ1v) is 13.3. The second-order valence-electron chi connectivity index (χ2n) is 9.22. The second-order valence-corrected chi connectivity index (χ2v) is 10.3. The molecule has 0 bridgehead atoms. The summed E-state index contributed by atoms with van der Waals surface area (Å²) in [7, 11) is 1.56. The number of carbonyl (C=O) groups is 3. The van der Waals surface area contributed by atoms with Crippen molar-refractivity contribution < 1.29 is 23.5 Å². The topological polar surface area (TPSA) is 101 Å². The molecule has 202 valence electrons. The van der Waals surface area contributed by atoms with Crippen molar-refractivity contribution in [1.82, 2.24) is 4.90 Å². The summed E-state index contributed by atoms with van der Waals surface area (Å²) in [5, 5.41) is 6.07. The van der Waals surface area contributed by atoms with Crippen LogP contribution in [0.1, 0.15) is 27.2 Å². The Balaban J connectivity index is 1.41. The van der Waals surface area contributed by atoms with Crippen molar-refractivity contribution in [3.8, 4) is 5.75 Å². The molecule has 0 radical (unpaired) electrons. The van der Waals surface area contributed by atoms with E-state index in [0.29, 0.717) is 33.3 Å². The average Bonchev–Trinajstić information content (AvgIpc) is 3.55. The lowest BCUT2D eigenvalue weighted by Gasteiger charge is -2.14. The number of ether oxygens (including phenoxy) is 1. The van der Waals surface area contributed by atoms with Gasteiger partial charge in [0.15, 0.2) is 0 Å². The predicted octanol–water partition coefficient (Wildman–Crippen LogP) is 6.14. The first kappa shape index (κ1) is 26.8. The van der Waals surface area contributed by atoms with Crippen molar-refractivity contribution in [3.63, 3.8) is 0 Å². The minimum absolute atomic E-state index is 0.0186. The molecule has 0 saturated heterocycles. The Morgan fingerprint density at radius 2 is 1.70 bits per heavy atom. The molecule has 1 aromatic heterocycles. The van der Waals surface area contributed by atoms with E-state index < -0.39 is 11.8 Å². The maximum atomic E-state index is 13.5. The molecule has 0 fully saturated rings. The Morgan fingerprint density at radius 1 is 0.900 bits per heavy atom. The zero-order valence-electron chi connectivity index (χ0n) is 22.2. The summed E-state index contributed by atoms with van der Waals surface area (Å²) in [6.07, 6.45) is 1.50. The summed E-state index contributed by atoms with van der Waals surface area (Å²) in [6.45, 7) is 4.02. The van der Waals surface area contributed by atoms with Gasteiger partial charge in [-0.1, -0.05) is 23.9 Å². The first-order chi connectivity index (χ1) is 19.3. The fourth-order valence-electron chi connectivity index (χ4n) is 4.13. The van der Waals surface area contributed by atoms with Crippen LogP contribution in [-0.4, -0.2) is 29.7 Å². The summed E-state index contributed by atoms with van der Waals surface area (Å²) in [5.74, 6) is 0.0152. The van der Waals surface area contributed by atoms with Gasteiger partial charge in [0, 0.05) is 21.8 Å². The van der Waals surface area contributed by atoms with E-state index in [0.717, 1.165) is 22.9 Å². The molecule has 0 aliphatic carbocycles. The number of nitrogens with one attached hydrogen (secondary N) is 2. The molecule has 0 spiro atoms. The van der Waals surface area contributed by atoms with Crippen molar-refractivity contribution in [1.29, 1.82) is 0 Å². The third kappa shape index (κ3) is 5.79. The number of rotatable bonds is 9. The van der Waals surface area contributed by atoms with E-state index in [1.165, 1.54) is 11.2 Å². The smallest absolute Gasteiger partial charge is 0.278 e. The molecule has 1 aliphatic rings. The highest BCUT2D eigenvalue weighted by Crippen LogP contribution is 2.37. The minimum atomic E-state index is -0.439. The number of furan rings is 1. The van der Waals surface area contributed by atoms with Crippen molar-refractivity contribution in [2.45, 2.75) is 25.3 Å². The molecule has 5 rings (SSSR count). The summed E-state index contributed by atoms with van der Waals surface area (Å²) in [5.41, 5.74) is 4.11. The number of methoxy groups -OCH3 is 1. The molecule has 1 aliphatic heterocycles. The van der Waals surface area contributed by atoms with Crippen LogP contribution in [0, 0.1) is 13.8 Å². The van der Waals surface area contributed by atoms with Crippen LogP contribution in [-0.2, 0) is 16.1 Å². The van der Waals surface area contributed by atoms with Gasteiger partial charge < -0.3 is 19.8 Å². The van der Waals surface area contributed by atoms with Gasteiger partial charge in [0.25, 0.3) is 17.7 Å². The number of imide groups is 1. The van der Waals surface area contributed by atoms with E-state index in [2.05, 4.69) is 10.6 Å². The summed E-state index contributed by atoms with van der Waals surface area (Å²) >= 11 is 1.16. The Kier molecular flexibility index (Phi) is 7.75. The minimum Gasteiger partial charge on any atom is -0.497 e. The van der Waals surface area contributed by atoms with E-state index >= 15 is 0 Å². The molecule has 40 heavy (non-hydrogen) atoms. The van der Waals surface area contributed by atoms with Gasteiger partial charge in [-0.05, 0) is 91.7 Å². The normalized spacial score (nSPS) is 13.1. The van der Waals surface area contributed by atoms with Gasteiger partial charge in [0.05, 0.1) is 19.9 Å². The van der Waals surface area contributed by atoms with Gasteiger partial charge in [-0.3, -0.25) is 19.3 Å². The molecule has 0 saturated carbocycles. The monoisotopic (exact) mass is 553 g/mol. The Bertz CT molecular complexity index is 1610. The number of nitrogens with zero attached hydrogens (tertiary/aromatic N) is 1. The number of thioether (sulfide) groups is 1. The molecule has 2 N–H and O–H groups in total. The fraction of sp³-hybridized carbons (Fsp3) is 0.129. The van der Waals surface area contributed by atoms with E-state index in [-0.39, 0.29) is 23.1 Å². The van der Waals surface area contributed by atoms with E-state index in [9.17, 15) is 14.4 Å². The van der Waals surface area contributed by atoms with Crippen LogP contribution < -0.4 is 15.4 Å². The lowest BCUT2D eigenvalue weighted by atomic mass is 10.1. The molecule has 2 heterocycles. The van der Waals surface area contributed by atoms with E-state index in [1.54, 1.807) is 61.7 Å². The number of benzene rings is 3. The zero-order chi connectivity index (χ0) is 28.2. The first-order valence-electron chi connectivity index (χ1n) is 12.5. The van der Waals surface area contributed by atoms with Gasteiger partial charge in [0.2, 0.25) is 0 Å². The molecule has 0 atom stereocenters. The SMILES string of the molecule is COc1ccc(C(=O)Nc2cccc(SC3=C(Nc4ccc(C)c(C)c4)C(=O)N(Cc4ccco4)C3=O)c2)cc1. The average molecular weight is 554 g/mol. The molecule has 9 heteroatoms. The standard InChI is InChI=1S/C31H27N3O5S/c1-19-9-12-23(16-20(19)2)32-27-28(31(37)34(30(27)36)18-25-7-5-15-39-25)40-26-8-4-6-22(17-26)33-29(35)21-10-13-24(38-3)14-11-21/h4-17,32H,18H2,1-3H3,(H,33,35). The van der Waals surface area contributed by atoms with E-state index in [4.69, 9.17) is 9.15 Å². The zero-order valence-corrected chi connectivity index (χ0v) is 23.0. The van der Waals surface area contributed by atoms with Crippen LogP contribution >= 0.6 is 11.8 Å². The van der Waals surface area contributed by atoms with E-state index in [1.807, 2.05) is 38.1 Å². The third-order valence-electron chi connectivity index (χ3n) is 6.46. The van der Waals surface area contributed by atoms with Crippen LogP contribution in [0.2, 0.25) is 0 Å². The molecule has 4 aromatic rings. The highest BCUT2D eigenvalue weighted by atomic mass is 32.2. The van der Waals surface area contributed by atoms with Gasteiger partial charge in [-0.2, -0.15) is 0 Å². The van der Waals surface area contributed by atoms with Crippen molar-refractivity contribution in [2.75, 3.05) is 17.7 Å². The van der Waals surface area contributed by atoms with Crippen LogP contribution in [0.4, 0.5) is 11.4 Å². The number of anilines is 2. The second kappa shape index (κ2) is 11.5. The lowest BCUT2D eigenvalue weighted by Crippen LogP contribution is -2.31. The van der Waals surface area contributed by atoms with Gasteiger partial charge >= 0.3 is 0 Å². The number of amides is 3. The summed E-state index contributed by atoms with van der Waals surface area (Å²) in [4.78, 5) is 41.9. The third-order valence-corrected chi connectivity index (χ3v) is 7.53. The lowest BCUT2D eigenvalue weighted by molar-refractivity contribution is -0.138. The van der Waals surface area contributed by atoms with Crippen molar-refractivity contribution >= 4 is 40.9 Å². The maximum Gasteiger partial charge on any atom is 0.278 e. The fourth-order valence-corrected chi connectivity index (χ4v) is 5.13. The molecular formula is C31H27N3O5S. The Morgan fingerprint density at radius 3 is 2.40 bits per heavy atom. The highest BCUT2D eigenvalue weighted by Gasteiger charge is 2.39. The quantitative estimate of drug-likeness (QED) is 0.240. The van der Waals surface area contributed by atoms with Crippen LogP contribution in [0.25, 0.3) is 0 Å². The molecule has 3 aromatic carbocycles. The summed E-state index contributed by atoms with van der Waals surface area (Å²) in [6, 6.07) is 23.1. The number of aryl methyl sites for hydroxylation is 2. The van der Waals surface area contributed by atoms with Crippen molar-refractivity contribution in [2.24, 2.45) is 0 Å². The molecule has 3 amide bonds. The number of hydrogen-bond acceptors (Lipinski definition) is 7. The van der Waals surface area contributed by atoms with Crippen molar-refractivity contribution in [3.05, 3.63) is 118 Å². The van der Waals surface area contributed by atoms with Gasteiger partial charge in [-0.15, -0.1) is 0 Å². The molecule has 0 unspecified atom stereocenters. The Hall–Kier alpha value is -4.76. The Labute approximate surface area is 236 Å². The van der Waals surface area contributed by atoms with Crippen LogP contribution in [0.15, 0.2) is 105 Å². The maximum absolute atomic E-state index is 13.5. The molecular weight excluding hydrogens is 526 g/mol. The molecule has 8 nitrogen and oxygen atoms in total. The predicted molar refractivity (Wildman–Crippen MR) is 154 cm³/mol. The largest absolute Gasteiger partial charge is 0.497 e. The highest BCUT2D eigenvalue weighted by molar-refractivity contribution is 8.04. The van der Waals surface area contributed by atoms with Gasteiger partial charge in [-0.25, -0.2) is 0 Å². The number of hydrogen-bond donors (Lipinski definition) is 2. The van der Waals surface area contributed by atoms with Crippen LogP contribution in [0.5, 0.6) is 5.75 Å². The number of carbonyl (C=O) groups excluding carboxylic acids is 3. The summed E-state index contributed by atoms with van der Waals surface area (Å²) < 4.78 is 10.5. The van der Waals surface area contributed by atoms with Gasteiger partial charge in [0.1, 0.15) is 22.1 Å².